The van der Waals surface area contributed by atoms with Crippen molar-refractivity contribution in [1.29, 1.82) is 0 Å². The van der Waals surface area contributed by atoms with Crippen LogP contribution in [0, 0.1) is 5.92 Å². The number of Topliss-reactive ketones (excluding diaryl/α,β-unsaturated/α-hetero) is 1. The molecule has 0 aromatic heterocycles. The van der Waals surface area contributed by atoms with Crippen LogP contribution in [-0.4, -0.2) is 74.6 Å². The highest BCUT2D eigenvalue weighted by Crippen LogP contribution is 2.45. The van der Waals surface area contributed by atoms with Gasteiger partial charge in [0.15, 0.2) is 11.5 Å². The molecule has 1 heterocycles. The van der Waals surface area contributed by atoms with Crippen molar-refractivity contribution in [3.8, 4) is 17.2 Å². The Morgan fingerprint density at radius 1 is 1.06 bits per heavy atom. The Morgan fingerprint density at radius 3 is 2.31 bits per heavy atom. The third-order valence-electron chi connectivity index (χ3n) is 5.77. The van der Waals surface area contributed by atoms with Crippen LogP contribution in [0.25, 0.3) is 5.76 Å². The van der Waals surface area contributed by atoms with Gasteiger partial charge in [-0.15, -0.1) is 0 Å². The maximum atomic E-state index is 13.2. The van der Waals surface area contributed by atoms with Crippen molar-refractivity contribution < 1.29 is 28.9 Å². The van der Waals surface area contributed by atoms with Crippen LogP contribution in [0.5, 0.6) is 17.2 Å². The normalized spacial score (nSPS) is 17.4. The van der Waals surface area contributed by atoms with Crippen LogP contribution in [0.2, 0.25) is 0 Å². The van der Waals surface area contributed by atoms with E-state index < -0.39 is 17.7 Å². The molecule has 1 N–H and O–H groups in total. The largest absolute Gasteiger partial charge is 0.507 e. The first-order chi connectivity index (χ1) is 16.7. The Morgan fingerprint density at radius 2 is 1.74 bits per heavy atom. The zero-order valence-electron chi connectivity index (χ0n) is 21.2. The number of hydrogen-bond acceptors (Lipinski definition) is 7. The van der Waals surface area contributed by atoms with E-state index in [1.165, 1.54) is 19.1 Å². The first-order valence-corrected chi connectivity index (χ1v) is 11.6. The van der Waals surface area contributed by atoms with E-state index in [1.807, 2.05) is 19.0 Å². The molecule has 1 amide bonds. The first kappa shape index (κ1) is 26.1. The number of carbonyl (C=O) groups is 2. The van der Waals surface area contributed by atoms with Crippen molar-refractivity contribution >= 4 is 17.4 Å². The molecule has 0 radical (unpaired) electrons. The van der Waals surface area contributed by atoms with Gasteiger partial charge in [0.25, 0.3) is 11.7 Å². The zero-order valence-corrected chi connectivity index (χ0v) is 21.2. The number of ether oxygens (including phenoxy) is 3. The number of carbonyl (C=O) groups excluding carboxylic acids is 2. The number of aliphatic hydroxyl groups excluding tert-OH is 1. The molecule has 2 aromatic rings. The summed E-state index contributed by atoms with van der Waals surface area (Å²) < 4.78 is 16.8. The fraction of sp³-hybridized carbons (Fsp3) is 0.407. The number of nitrogens with zero attached hydrogens (tertiary/aromatic N) is 2. The number of likely N-dealkylation sites (N-methyl/N-ethyl adjacent to an activating group) is 1. The molecule has 8 nitrogen and oxygen atoms in total. The van der Waals surface area contributed by atoms with Crippen molar-refractivity contribution in [3.05, 3.63) is 59.2 Å². The van der Waals surface area contributed by atoms with E-state index in [1.54, 1.807) is 42.5 Å². The first-order valence-electron chi connectivity index (χ1n) is 11.6. The molecule has 0 bridgehead atoms. The Labute approximate surface area is 206 Å². The Balaban J connectivity index is 2.13. The number of aliphatic hydroxyl groups is 1. The molecule has 1 fully saturated rings. The van der Waals surface area contributed by atoms with Crippen LogP contribution < -0.4 is 14.2 Å². The maximum Gasteiger partial charge on any atom is 0.295 e. The number of rotatable bonds is 10. The lowest BCUT2D eigenvalue weighted by atomic mass is 9.94. The lowest BCUT2D eigenvalue weighted by molar-refractivity contribution is -0.140. The Bertz CT molecular complexity index is 1090. The van der Waals surface area contributed by atoms with Crippen LogP contribution in [-0.2, 0) is 9.59 Å². The summed E-state index contributed by atoms with van der Waals surface area (Å²) in [6.45, 7) is 5.52. The van der Waals surface area contributed by atoms with E-state index in [9.17, 15) is 14.7 Å². The average Bonchev–Trinajstić information content (AvgIpc) is 3.10. The number of para-hydroxylation sites is 1. The molecule has 0 saturated carbocycles. The summed E-state index contributed by atoms with van der Waals surface area (Å²) in [5, 5.41) is 11.3. The second-order valence-electron chi connectivity index (χ2n) is 9.11. The highest BCUT2D eigenvalue weighted by molar-refractivity contribution is 6.46. The molecule has 1 aliphatic rings. The molecule has 1 aliphatic heterocycles. The summed E-state index contributed by atoms with van der Waals surface area (Å²) in [7, 11) is 6.80. The van der Waals surface area contributed by atoms with Crippen molar-refractivity contribution in [1.82, 2.24) is 9.80 Å². The zero-order chi connectivity index (χ0) is 25.7. The molecular weight excluding hydrogens is 448 g/mol. The molecular formula is C27H34N2O6. The number of methoxy groups -OCH3 is 2. The van der Waals surface area contributed by atoms with E-state index in [4.69, 9.17) is 14.2 Å². The molecule has 3 rings (SSSR count). The predicted octanol–water partition coefficient (Wildman–Crippen LogP) is 3.72. The predicted molar refractivity (Wildman–Crippen MR) is 134 cm³/mol. The van der Waals surface area contributed by atoms with Gasteiger partial charge in [0.1, 0.15) is 11.5 Å². The smallest absolute Gasteiger partial charge is 0.295 e. The third kappa shape index (κ3) is 5.59. The van der Waals surface area contributed by atoms with Gasteiger partial charge in [0, 0.05) is 24.2 Å². The minimum absolute atomic E-state index is 0.0103. The summed E-state index contributed by atoms with van der Waals surface area (Å²) in [4.78, 5) is 29.8. The molecule has 2 aromatic carbocycles. The molecule has 0 aliphatic carbocycles. The van der Waals surface area contributed by atoms with Crippen LogP contribution in [0.15, 0.2) is 48.0 Å². The van der Waals surface area contributed by atoms with Crippen molar-refractivity contribution in [2.24, 2.45) is 5.92 Å². The molecule has 188 valence electrons. The van der Waals surface area contributed by atoms with Crippen LogP contribution >= 0.6 is 0 Å². The molecule has 8 heteroatoms. The lowest BCUT2D eigenvalue weighted by Gasteiger charge is -2.28. The third-order valence-corrected chi connectivity index (χ3v) is 5.77. The monoisotopic (exact) mass is 482 g/mol. The SMILES string of the molecule is COc1cccc([C@@H]2C(=C(O)c3ccc(OCC(C)C)cc3)C(=O)C(=O)N2CCN(C)C)c1OC. The lowest BCUT2D eigenvalue weighted by Crippen LogP contribution is -2.35. The van der Waals surface area contributed by atoms with Gasteiger partial charge < -0.3 is 29.1 Å². The van der Waals surface area contributed by atoms with E-state index in [0.717, 1.165) is 0 Å². The van der Waals surface area contributed by atoms with Gasteiger partial charge in [0.05, 0.1) is 32.4 Å². The molecule has 1 atom stereocenters. The van der Waals surface area contributed by atoms with E-state index >= 15 is 0 Å². The molecule has 35 heavy (non-hydrogen) atoms. The molecule has 1 saturated heterocycles. The van der Waals surface area contributed by atoms with Crippen LogP contribution in [0.1, 0.15) is 31.0 Å². The van der Waals surface area contributed by atoms with Gasteiger partial charge in [-0.3, -0.25) is 9.59 Å². The van der Waals surface area contributed by atoms with Gasteiger partial charge in [-0.1, -0.05) is 26.0 Å². The van der Waals surface area contributed by atoms with E-state index in [0.29, 0.717) is 54.0 Å². The maximum absolute atomic E-state index is 13.2. The topological polar surface area (TPSA) is 88.5 Å². The summed E-state index contributed by atoms with van der Waals surface area (Å²) in [6.07, 6.45) is 0. The van der Waals surface area contributed by atoms with Crippen LogP contribution in [0.4, 0.5) is 0 Å². The quantitative estimate of drug-likeness (QED) is 0.314. The minimum Gasteiger partial charge on any atom is -0.507 e. The van der Waals surface area contributed by atoms with Crippen molar-refractivity contribution in [2.75, 3.05) is 48.0 Å². The average molecular weight is 483 g/mol. The molecule has 0 spiro atoms. The fourth-order valence-corrected chi connectivity index (χ4v) is 4.00. The van der Waals surface area contributed by atoms with E-state index in [-0.39, 0.29) is 11.3 Å². The summed E-state index contributed by atoms with van der Waals surface area (Å²) in [5.74, 6) is 0.249. The summed E-state index contributed by atoms with van der Waals surface area (Å²) in [5.41, 5.74) is 0.985. The van der Waals surface area contributed by atoms with Gasteiger partial charge in [-0.2, -0.15) is 0 Å². The highest BCUT2D eigenvalue weighted by Gasteiger charge is 2.47. The summed E-state index contributed by atoms with van der Waals surface area (Å²) >= 11 is 0. The Kier molecular flexibility index (Phi) is 8.40. The van der Waals surface area contributed by atoms with Gasteiger partial charge in [-0.25, -0.2) is 0 Å². The fourth-order valence-electron chi connectivity index (χ4n) is 4.00. The molecule has 0 unspecified atom stereocenters. The number of amides is 1. The second-order valence-corrected chi connectivity index (χ2v) is 9.11. The van der Waals surface area contributed by atoms with Gasteiger partial charge in [0.2, 0.25) is 0 Å². The number of benzene rings is 2. The number of hydrogen-bond donors (Lipinski definition) is 1. The van der Waals surface area contributed by atoms with E-state index in [2.05, 4.69) is 13.8 Å². The standard InChI is InChI=1S/C27H34N2O6/c1-17(2)16-35-19-12-10-18(11-13-19)24(30)22-23(20-8-7-9-21(33-5)26(20)34-6)29(15-14-28(3)4)27(32)25(22)31/h7-13,17,23,30H,14-16H2,1-6H3/t23-/m1/s1. The number of likely N-dealkylation sites (tertiary alicyclic amines) is 1. The van der Waals surface area contributed by atoms with Crippen LogP contribution in [0.3, 0.4) is 0 Å². The van der Waals surface area contributed by atoms with Gasteiger partial charge >= 0.3 is 0 Å². The number of ketones is 1. The highest BCUT2D eigenvalue weighted by atomic mass is 16.5. The minimum atomic E-state index is -0.836. The second kappa shape index (κ2) is 11.3. The summed E-state index contributed by atoms with van der Waals surface area (Å²) in [6, 6.07) is 11.3. The van der Waals surface area contributed by atoms with Gasteiger partial charge in [-0.05, 0) is 50.3 Å². The Hall–Kier alpha value is -3.52. The van der Waals surface area contributed by atoms with Crippen molar-refractivity contribution in [2.45, 2.75) is 19.9 Å². The van der Waals surface area contributed by atoms with Crippen molar-refractivity contribution in [3.63, 3.8) is 0 Å².